The fourth-order valence-electron chi connectivity index (χ4n) is 5.17. The van der Waals surface area contributed by atoms with Crippen LogP contribution in [0.4, 0.5) is 5.69 Å². The first-order chi connectivity index (χ1) is 18.4. The maximum absolute atomic E-state index is 12.9. The van der Waals surface area contributed by atoms with Gasteiger partial charge in [0.2, 0.25) is 5.91 Å². The zero-order valence-electron chi connectivity index (χ0n) is 21.9. The minimum Gasteiger partial charge on any atom is -0.352 e. The van der Waals surface area contributed by atoms with Crippen LogP contribution in [-0.4, -0.2) is 37.0 Å². The van der Waals surface area contributed by atoms with Gasteiger partial charge in [0.15, 0.2) is 5.11 Å². The number of carbonyl (C=O) groups excluding carboxylic acids is 1. The van der Waals surface area contributed by atoms with Gasteiger partial charge in [-0.15, -0.1) is 0 Å². The third-order valence-corrected chi connectivity index (χ3v) is 7.57. The highest BCUT2D eigenvalue weighted by Crippen LogP contribution is 2.41. The van der Waals surface area contributed by atoms with Crippen molar-refractivity contribution < 1.29 is 4.79 Å². The number of hydrogen-bond acceptors (Lipinski definition) is 4. The normalized spacial score (nSPS) is 16.9. The summed E-state index contributed by atoms with van der Waals surface area (Å²) < 4.78 is 2.32. The van der Waals surface area contributed by atoms with Gasteiger partial charge in [-0.05, 0) is 86.1 Å². The molecule has 5 rings (SSSR count). The zero-order valence-corrected chi connectivity index (χ0v) is 22.7. The summed E-state index contributed by atoms with van der Waals surface area (Å²) in [6, 6.07) is 19.8. The summed E-state index contributed by atoms with van der Waals surface area (Å²) in [4.78, 5) is 23.9. The number of benzene rings is 1. The van der Waals surface area contributed by atoms with E-state index < -0.39 is 0 Å². The quantitative estimate of drug-likeness (QED) is 0.307. The minimum atomic E-state index is -0.127. The topological polar surface area (TPSA) is 75.1 Å². The molecule has 4 aromatic rings. The Labute approximate surface area is 228 Å². The Morgan fingerprint density at radius 3 is 2.53 bits per heavy atom. The number of aryl methyl sites for hydroxylation is 2. The molecule has 1 aliphatic rings. The molecule has 2 N–H and O–H groups in total. The number of aromatic nitrogens is 3. The predicted molar refractivity (Wildman–Crippen MR) is 154 cm³/mol. The Morgan fingerprint density at radius 2 is 1.79 bits per heavy atom. The molecular formula is C30H32N6OS. The first-order valence-electron chi connectivity index (χ1n) is 12.8. The van der Waals surface area contributed by atoms with E-state index in [2.05, 4.69) is 50.0 Å². The summed E-state index contributed by atoms with van der Waals surface area (Å²) in [5.74, 6) is -0.0368. The van der Waals surface area contributed by atoms with Crippen LogP contribution >= 0.6 is 12.2 Å². The molecule has 0 bridgehead atoms. The number of anilines is 1. The van der Waals surface area contributed by atoms with Gasteiger partial charge < -0.3 is 20.1 Å². The molecule has 0 aliphatic carbocycles. The maximum atomic E-state index is 12.9. The van der Waals surface area contributed by atoms with Crippen LogP contribution in [0.1, 0.15) is 52.3 Å². The molecule has 1 saturated heterocycles. The van der Waals surface area contributed by atoms with Crippen LogP contribution in [0.3, 0.4) is 0 Å². The molecule has 0 saturated carbocycles. The van der Waals surface area contributed by atoms with Gasteiger partial charge in [0.1, 0.15) is 0 Å². The van der Waals surface area contributed by atoms with Gasteiger partial charge in [0, 0.05) is 55.2 Å². The fourth-order valence-corrected chi connectivity index (χ4v) is 5.51. The molecule has 1 fully saturated rings. The van der Waals surface area contributed by atoms with Crippen LogP contribution in [0.2, 0.25) is 0 Å². The van der Waals surface area contributed by atoms with Crippen molar-refractivity contribution in [3.05, 3.63) is 113 Å². The van der Waals surface area contributed by atoms with E-state index in [-0.39, 0.29) is 18.0 Å². The van der Waals surface area contributed by atoms with E-state index in [0.29, 0.717) is 18.1 Å². The van der Waals surface area contributed by atoms with Crippen LogP contribution in [0.5, 0.6) is 0 Å². The predicted octanol–water partition coefficient (Wildman–Crippen LogP) is 5.25. The molecule has 3 aromatic heterocycles. The lowest BCUT2D eigenvalue weighted by Crippen LogP contribution is -2.33. The highest BCUT2D eigenvalue weighted by molar-refractivity contribution is 7.80. The Morgan fingerprint density at radius 1 is 1.03 bits per heavy atom. The van der Waals surface area contributed by atoms with Crippen molar-refractivity contribution in [2.45, 2.75) is 45.8 Å². The second-order valence-corrected chi connectivity index (χ2v) is 10.1. The smallest absolute Gasteiger partial charge is 0.226 e. The fraction of sp³-hybridized carbons (Fsp3) is 0.267. The SMILES string of the molecule is Cc1ccccc1NC(=O)CCN1C(=S)N[C@H](c2ccccn2)[C@@H]1c1cc(C)n(Cc2ccncc2)c1C. The Hall–Kier alpha value is -4.04. The van der Waals surface area contributed by atoms with E-state index in [9.17, 15) is 4.79 Å². The number of thiocarbonyl (C=S) groups is 1. The van der Waals surface area contributed by atoms with Crippen molar-refractivity contribution in [2.75, 3.05) is 11.9 Å². The second kappa shape index (κ2) is 11.1. The van der Waals surface area contributed by atoms with Crippen LogP contribution in [0.15, 0.2) is 79.3 Å². The summed E-state index contributed by atoms with van der Waals surface area (Å²) in [5.41, 5.74) is 7.51. The Bertz CT molecular complexity index is 1440. The largest absolute Gasteiger partial charge is 0.352 e. The van der Waals surface area contributed by atoms with Gasteiger partial charge in [-0.25, -0.2) is 0 Å². The number of nitrogens with zero attached hydrogens (tertiary/aromatic N) is 4. The number of amides is 1. The van der Waals surface area contributed by atoms with E-state index in [1.807, 2.05) is 80.1 Å². The molecule has 4 heterocycles. The average molecular weight is 525 g/mol. The summed E-state index contributed by atoms with van der Waals surface area (Å²) in [6.07, 6.45) is 5.77. The summed E-state index contributed by atoms with van der Waals surface area (Å²) in [7, 11) is 0. The first-order valence-corrected chi connectivity index (χ1v) is 13.2. The Balaban J connectivity index is 1.43. The van der Waals surface area contributed by atoms with Gasteiger partial charge in [-0.2, -0.15) is 0 Å². The molecular weight excluding hydrogens is 492 g/mol. The molecule has 1 amide bonds. The first kappa shape index (κ1) is 25.6. The molecule has 0 radical (unpaired) electrons. The number of nitrogens with one attached hydrogen (secondary N) is 2. The summed E-state index contributed by atoms with van der Waals surface area (Å²) >= 11 is 5.83. The van der Waals surface area contributed by atoms with Gasteiger partial charge in [-0.1, -0.05) is 24.3 Å². The highest BCUT2D eigenvalue weighted by atomic mass is 32.1. The van der Waals surface area contributed by atoms with E-state index >= 15 is 0 Å². The zero-order chi connectivity index (χ0) is 26.6. The van der Waals surface area contributed by atoms with Crippen molar-refractivity contribution in [3.63, 3.8) is 0 Å². The summed E-state index contributed by atoms with van der Waals surface area (Å²) in [6.45, 7) is 7.53. The van der Waals surface area contributed by atoms with Crippen LogP contribution in [-0.2, 0) is 11.3 Å². The third kappa shape index (κ3) is 5.31. The van der Waals surface area contributed by atoms with E-state index in [1.165, 1.54) is 22.5 Å². The van der Waals surface area contributed by atoms with Crippen molar-refractivity contribution >= 4 is 28.9 Å². The summed E-state index contributed by atoms with van der Waals surface area (Å²) in [5, 5.41) is 7.18. The third-order valence-electron chi connectivity index (χ3n) is 7.22. The molecule has 0 unspecified atom stereocenters. The van der Waals surface area contributed by atoms with Crippen molar-refractivity contribution in [1.29, 1.82) is 0 Å². The number of pyridine rings is 2. The molecule has 1 aromatic carbocycles. The van der Waals surface area contributed by atoms with Crippen LogP contribution in [0, 0.1) is 20.8 Å². The lowest BCUT2D eigenvalue weighted by molar-refractivity contribution is -0.116. The van der Waals surface area contributed by atoms with E-state index in [4.69, 9.17) is 12.2 Å². The molecule has 0 spiro atoms. The standard InChI is InChI=1S/C30H32N6OS/c1-20-8-4-5-9-25(20)33-27(37)13-17-35-29(28(34-30(35)38)26-10-6-7-14-32-26)24-18-21(2)36(22(24)3)19-23-11-15-31-16-12-23/h4-12,14-16,18,28-29H,13,17,19H2,1-3H3,(H,33,37)(H,34,38)/t28-,29+/m1/s1. The van der Waals surface area contributed by atoms with Crippen LogP contribution < -0.4 is 10.6 Å². The molecule has 38 heavy (non-hydrogen) atoms. The van der Waals surface area contributed by atoms with Crippen molar-refractivity contribution in [3.8, 4) is 0 Å². The lowest BCUT2D eigenvalue weighted by Gasteiger charge is -2.28. The van der Waals surface area contributed by atoms with Crippen molar-refractivity contribution in [1.82, 2.24) is 24.8 Å². The number of rotatable bonds is 8. The molecule has 1 aliphatic heterocycles. The van der Waals surface area contributed by atoms with E-state index in [1.54, 1.807) is 0 Å². The van der Waals surface area contributed by atoms with Crippen LogP contribution in [0.25, 0.3) is 0 Å². The van der Waals surface area contributed by atoms with Gasteiger partial charge in [0.05, 0.1) is 17.8 Å². The molecule has 8 heteroatoms. The number of hydrogen-bond donors (Lipinski definition) is 2. The van der Waals surface area contributed by atoms with Gasteiger partial charge in [0.25, 0.3) is 0 Å². The molecule has 194 valence electrons. The van der Waals surface area contributed by atoms with Gasteiger partial charge in [-0.3, -0.25) is 14.8 Å². The number of carbonyl (C=O) groups is 1. The molecule has 2 atom stereocenters. The van der Waals surface area contributed by atoms with Crippen molar-refractivity contribution in [2.24, 2.45) is 0 Å². The maximum Gasteiger partial charge on any atom is 0.226 e. The average Bonchev–Trinajstić information content (AvgIpc) is 3.40. The monoisotopic (exact) mass is 524 g/mol. The lowest BCUT2D eigenvalue weighted by atomic mass is 9.96. The van der Waals surface area contributed by atoms with E-state index in [0.717, 1.165) is 23.5 Å². The second-order valence-electron chi connectivity index (χ2n) is 9.70. The highest BCUT2D eigenvalue weighted by Gasteiger charge is 2.41. The number of para-hydroxylation sites is 1. The molecule has 7 nitrogen and oxygen atoms in total. The van der Waals surface area contributed by atoms with Gasteiger partial charge >= 0.3 is 0 Å². The minimum absolute atomic E-state index is 0.0368. The Kier molecular flexibility index (Phi) is 7.51.